The number of carbonyl (C=O) groups is 4. The predicted octanol–water partition coefficient (Wildman–Crippen LogP) is -1.26. The van der Waals surface area contributed by atoms with Gasteiger partial charge in [-0.15, -0.1) is 0 Å². The Bertz CT molecular complexity index is 897. The minimum absolute atomic E-state index is 0.226. The van der Waals surface area contributed by atoms with Crippen LogP contribution in [0, 0.1) is 0 Å². The van der Waals surface area contributed by atoms with Gasteiger partial charge in [-0.3, -0.25) is 38.8 Å². The topological polar surface area (TPSA) is 188 Å². The van der Waals surface area contributed by atoms with Crippen LogP contribution in [0.25, 0.3) is 0 Å². The van der Waals surface area contributed by atoms with Crippen molar-refractivity contribution in [3.05, 3.63) is 29.8 Å². The molecule has 0 aromatic heterocycles. The highest BCUT2D eigenvalue weighted by Gasteiger charge is 2.27. The average Bonchev–Trinajstić information content (AvgIpc) is 2.76. The number of hydrogen-bond donors (Lipinski definition) is 5. The Labute approximate surface area is 209 Å². The zero-order chi connectivity index (χ0) is 26.7. The highest BCUT2D eigenvalue weighted by atomic mass is 16.4. The van der Waals surface area contributed by atoms with Crippen molar-refractivity contribution in [3.8, 4) is 0 Å². The molecule has 0 amide bonds. The van der Waals surface area contributed by atoms with Gasteiger partial charge in [-0.2, -0.15) is 0 Å². The molecular formula is C23H35N5O8. The van der Waals surface area contributed by atoms with Crippen molar-refractivity contribution in [2.24, 2.45) is 0 Å². The number of nitrogens with zero attached hydrogens (tertiary/aromatic N) is 4. The fraction of sp³-hybridized carbons (Fsp3) is 0.565. The van der Waals surface area contributed by atoms with Gasteiger partial charge in [0.2, 0.25) is 0 Å². The number of nitrogens with two attached hydrogens (primary N) is 1. The lowest BCUT2D eigenvalue weighted by molar-refractivity contribution is -0.142. The van der Waals surface area contributed by atoms with Gasteiger partial charge in [0.25, 0.3) is 0 Å². The highest BCUT2D eigenvalue weighted by Crippen LogP contribution is 2.14. The zero-order valence-corrected chi connectivity index (χ0v) is 20.2. The maximum atomic E-state index is 11.7. The van der Waals surface area contributed by atoms with Crippen molar-refractivity contribution in [1.29, 1.82) is 0 Å². The lowest BCUT2D eigenvalue weighted by Gasteiger charge is -2.37. The van der Waals surface area contributed by atoms with E-state index in [0.717, 1.165) is 5.56 Å². The van der Waals surface area contributed by atoms with Gasteiger partial charge < -0.3 is 26.2 Å². The second-order valence-electron chi connectivity index (χ2n) is 8.93. The third-order valence-electron chi connectivity index (χ3n) is 6.02. The molecule has 6 N–H and O–H groups in total. The number of rotatable bonds is 10. The summed E-state index contributed by atoms with van der Waals surface area (Å²) < 4.78 is 0. The Morgan fingerprint density at radius 2 is 1.08 bits per heavy atom. The second-order valence-corrected chi connectivity index (χ2v) is 8.93. The summed E-state index contributed by atoms with van der Waals surface area (Å²) in [5, 5.41) is 37.7. The molecule has 200 valence electrons. The van der Waals surface area contributed by atoms with E-state index in [-0.39, 0.29) is 72.0 Å². The number of carboxylic acids is 4. The molecule has 0 aliphatic carbocycles. The lowest BCUT2D eigenvalue weighted by Crippen LogP contribution is -2.53. The van der Waals surface area contributed by atoms with Gasteiger partial charge in [0.1, 0.15) is 0 Å². The van der Waals surface area contributed by atoms with Crippen LogP contribution in [0.3, 0.4) is 0 Å². The number of nitrogen functional groups attached to an aromatic ring is 1. The van der Waals surface area contributed by atoms with Crippen LogP contribution in [-0.4, -0.2) is 142 Å². The average molecular weight is 510 g/mol. The van der Waals surface area contributed by atoms with Crippen molar-refractivity contribution in [1.82, 2.24) is 19.6 Å². The smallest absolute Gasteiger partial charge is 0.317 e. The van der Waals surface area contributed by atoms with Crippen molar-refractivity contribution in [3.63, 3.8) is 0 Å². The summed E-state index contributed by atoms with van der Waals surface area (Å²) in [4.78, 5) is 52.8. The summed E-state index contributed by atoms with van der Waals surface area (Å²) >= 11 is 0. The molecule has 1 aromatic rings. The van der Waals surface area contributed by atoms with E-state index in [1.165, 1.54) is 0 Å². The van der Waals surface area contributed by atoms with Gasteiger partial charge in [-0.1, -0.05) is 12.1 Å². The third kappa shape index (κ3) is 11.0. The van der Waals surface area contributed by atoms with Crippen LogP contribution in [0.5, 0.6) is 0 Å². The molecule has 1 aromatic carbocycles. The normalized spacial score (nSPS) is 19.7. The van der Waals surface area contributed by atoms with Crippen LogP contribution in [0.4, 0.5) is 5.69 Å². The van der Waals surface area contributed by atoms with Gasteiger partial charge in [0.05, 0.1) is 26.2 Å². The number of carboxylic acid groups (broad SMARTS) is 4. The first-order valence-electron chi connectivity index (χ1n) is 11.6. The Hall–Kier alpha value is -3.26. The minimum Gasteiger partial charge on any atom is -0.480 e. The van der Waals surface area contributed by atoms with E-state index in [0.29, 0.717) is 12.1 Å². The molecule has 1 atom stereocenters. The third-order valence-corrected chi connectivity index (χ3v) is 6.02. The van der Waals surface area contributed by atoms with Crippen LogP contribution >= 0.6 is 0 Å². The van der Waals surface area contributed by atoms with Crippen LogP contribution in [-0.2, 0) is 25.6 Å². The number of hydrogen-bond acceptors (Lipinski definition) is 9. The van der Waals surface area contributed by atoms with E-state index in [1.807, 2.05) is 12.1 Å². The summed E-state index contributed by atoms with van der Waals surface area (Å²) in [6.45, 7) is 0.637. The van der Waals surface area contributed by atoms with Crippen LogP contribution < -0.4 is 5.73 Å². The fourth-order valence-corrected chi connectivity index (χ4v) is 4.28. The van der Waals surface area contributed by atoms with Gasteiger partial charge in [0.15, 0.2) is 0 Å². The number of benzene rings is 1. The minimum atomic E-state index is -1.05. The van der Waals surface area contributed by atoms with Crippen LogP contribution in [0.1, 0.15) is 5.56 Å². The van der Waals surface area contributed by atoms with Gasteiger partial charge >= 0.3 is 23.9 Å². The Balaban J connectivity index is 2.38. The Morgan fingerprint density at radius 3 is 1.56 bits per heavy atom. The summed E-state index contributed by atoms with van der Waals surface area (Å²) in [6, 6.07) is 6.73. The molecule has 13 heteroatoms. The SMILES string of the molecule is Nc1ccc(C[C@H]2CN(CC(=O)O)CCN(CC(=O)O)CCN(CC(=O)O)CCN2CC(=O)O)cc1. The van der Waals surface area contributed by atoms with Gasteiger partial charge in [-0.25, -0.2) is 0 Å². The maximum absolute atomic E-state index is 11.7. The van der Waals surface area contributed by atoms with Crippen molar-refractivity contribution >= 4 is 29.6 Å². The van der Waals surface area contributed by atoms with E-state index >= 15 is 0 Å². The standard InChI is InChI=1S/C23H35N5O8/c24-18-3-1-17(2-4-18)11-19-12-27(15-22(33)34)8-7-25(13-20(29)30)5-6-26(14-21(31)32)9-10-28(19)16-23(35)36/h1-4,19H,5-16,24H2,(H,29,30)(H,31,32)(H,33,34)(H,35,36)/t19-/m0/s1. The predicted molar refractivity (Wildman–Crippen MR) is 130 cm³/mol. The fourth-order valence-electron chi connectivity index (χ4n) is 4.28. The first kappa shape index (κ1) is 29.0. The first-order chi connectivity index (χ1) is 17.0. The van der Waals surface area contributed by atoms with Gasteiger partial charge in [-0.05, 0) is 24.1 Å². The number of anilines is 1. The van der Waals surface area contributed by atoms with E-state index in [2.05, 4.69) is 0 Å². The monoisotopic (exact) mass is 509 g/mol. The second kappa shape index (κ2) is 14.3. The Kier molecular flexibility index (Phi) is 11.5. The zero-order valence-electron chi connectivity index (χ0n) is 20.2. The van der Waals surface area contributed by atoms with E-state index < -0.39 is 29.9 Å². The summed E-state index contributed by atoms with van der Waals surface area (Å²) in [5.74, 6) is -4.17. The van der Waals surface area contributed by atoms with Gasteiger partial charge in [0, 0.05) is 57.5 Å². The highest BCUT2D eigenvalue weighted by molar-refractivity contribution is 5.70. The molecule has 0 bridgehead atoms. The maximum Gasteiger partial charge on any atom is 0.317 e. The molecule has 1 aliphatic rings. The lowest BCUT2D eigenvalue weighted by atomic mass is 10.0. The Morgan fingerprint density at radius 1 is 0.667 bits per heavy atom. The molecule has 0 unspecified atom stereocenters. The van der Waals surface area contributed by atoms with E-state index in [4.69, 9.17) is 5.73 Å². The summed E-state index contributed by atoms with van der Waals surface area (Å²) in [6.07, 6.45) is 0.418. The molecule has 1 aliphatic heterocycles. The summed E-state index contributed by atoms with van der Waals surface area (Å²) in [7, 11) is 0. The summed E-state index contributed by atoms with van der Waals surface area (Å²) in [5.41, 5.74) is 7.26. The molecule has 1 saturated heterocycles. The molecule has 0 spiro atoms. The quantitative estimate of drug-likeness (QED) is 0.235. The molecule has 1 heterocycles. The molecule has 36 heavy (non-hydrogen) atoms. The first-order valence-corrected chi connectivity index (χ1v) is 11.6. The van der Waals surface area contributed by atoms with Crippen LogP contribution in [0.2, 0.25) is 0 Å². The molecule has 13 nitrogen and oxygen atoms in total. The largest absolute Gasteiger partial charge is 0.480 e. The van der Waals surface area contributed by atoms with Crippen LogP contribution in [0.15, 0.2) is 24.3 Å². The van der Waals surface area contributed by atoms with E-state index in [9.17, 15) is 39.6 Å². The molecule has 2 rings (SSSR count). The number of aliphatic carboxylic acids is 4. The van der Waals surface area contributed by atoms with Crippen molar-refractivity contribution in [2.45, 2.75) is 12.5 Å². The van der Waals surface area contributed by atoms with Crippen molar-refractivity contribution in [2.75, 3.05) is 77.7 Å². The van der Waals surface area contributed by atoms with E-state index in [1.54, 1.807) is 31.7 Å². The van der Waals surface area contributed by atoms with Crippen molar-refractivity contribution < 1.29 is 39.6 Å². The molecule has 1 fully saturated rings. The molecular weight excluding hydrogens is 474 g/mol. The molecule has 0 saturated carbocycles. The molecule has 0 radical (unpaired) electrons.